The van der Waals surface area contributed by atoms with Gasteiger partial charge in [0.2, 0.25) is 0 Å². The first kappa shape index (κ1) is 11.7. The normalized spacial score (nSPS) is 10.6. The Labute approximate surface area is 97.7 Å². The van der Waals surface area contributed by atoms with E-state index in [-0.39, 0.29) is 0 Å². The number of hydrogen-bond donors (Lipinski definition) is 0. The lowest BCUT2D eigenvalue weighted by Gasteiger charge is -2.09. The van der Waals surface area contributed by atoms with E-state index in [2.05, 4.69) is 0 Å². The van der Waals surface area contributed by atoms with Gasteiger partial charge in [-0.25, -0.2) is 13.2 Å². The van der Waals surface area contributed by atoms with Crippen LogP contribution in [-0.4, -0.2) is 0 Å². The van der Waals surface area contributed by atoms with Crippen molar-refractivity contribution >= 4 is 0 Å². The van der Waals surface area contributed by atoms with E-state index in [1.165, 1.54) is 0 Å². The van der Waals surface area contributed by atoms with Gasteiger partial charge in [-0.3, -0.25) is 0 Å². The van der Waals surface area contributed by atoms with Crippen LogP contribution in [0.3, 0.4) is 0 Å². The Bertz CT molecular complexity index is 574. The van der Waals surface area contributed by atoms with Crippen molar-refractivity contribution in [3.63, 3.8) is 0 Å². The molecular weight excluding hydrogens is 225 g/mol. The van der Waals surface area contributed by atoms with Crippen LogP contribution in [0.4, 0.5) is 13.2 Å². The van der Waals surface area contributed by atoms with E-state index < -0.39 is 17.5 Å². The molecule has 88 valence electrons. The average molecular weight is 236 g/mol. The minimum absolute atomic E-state index is 0.293. The molecule has 0 heterocycles. The molecule has 0 unspecified atom stereocenters. The number of rotatable bonds is 1. The Morgan fingerprint density at radius 2 is 1.41 bits per heavy atom. The van der Waals surface area contributed by atoms with Crippen LogP contribution in [0.25, 0.3) is 11.1 Å². The lowest BCUT2D eigenvalue weighted by molar-refractivity contribution is 0.508. The number of halogens is 3. The third-order valence-corrected chi connectivity index (χ3v) is 2.75. The van der Waals surface area contributed by atoms with Gasteiger partial charge in [0.05, 0.1) is 0 Å². The molecule has 0 nitrogen and oxygen atoms in total. The van der Waals surface area contributed by atoms with Crippen molar-refractivity contribution in [2.24, 2.45) is 0 Å². The van der Waals surface area contributed by atoms with Gasteiger partial charge in [-0.15, -0.1) is 0 Å². The Balaban J connectivity index is 2.69. The largest absolute Gasteiger partial charge is 0.206 e. The summed E-state index contributed by atoms with van der Waals surface area (Å²) >= 11 is 0. The molecule has 2 aromatic carbocycles. The molecule has 0 spiro atoms. The van der Waals surface area contributed by atoms with Gasteiger partial charge in [-0.1, -0.05) is 18.2 Å². The molecule has 0 aliphatic carbocycles. The molecule has 0 atom stereocenters. The minimum Gasteiger partial charge on any atom is -0.206 e. The maximum Gasteiger partial charge on any atom is 0.159 e. The van der Waals surface area contributed by atoms with Crippen LogP contribution in [-0.2, 0) is 0 Å². The fourth-order valence-electron chi connectivity index (χ4n) is 1.79. The van der Waals surface area contributed by atoms with Crippen molar-refractivity contribution in [1.29, 1.82) is 0 Å². The molecule has 0 radical (unpaired) electrons. The predicted molar refractivity (Wildman–Crippen MR) is 61.2 cm³/mol. The van der Waals surface area contributed by atoms with Crippen LogP contribution in [0, 0.1) is 31.3 Å². The third-order valence-electron chi connectivity index (χ3n) is 2.75. The fourth-order valence-corrected chi connectivity index (χ4v) is 1.79. The lowest BCUT2D eigenvalue weighted by atomic mass is 9.98. The molecule has 0 aliphatic heterocycles. The van der Waals surface area contributed by atoms with Gasteiger partial charge in [-0.05, 0) is 42.7 Å². The molecule has 2 aromatic rings. The standard InChI is InChI=1S/C14H11F3/c1-8-4-3-5-10(14(8)17)11-7-13(16)12(15)6-9(11)2/h3-7H,1-2H3. The fraction of sp³-hybridized carbons (Fsp3) is 0.143. The SMILES string of the molecule is Cc1cc(F)c(F)cc1-c1cccc(C)c1F. The van der Waals surface area contributed by atoms with Crippen molar-refractivity contribution in [1.82, 2.24) is 0 Å². The summed E-state index contributed by atoms with van der Waals surface area (Å²) < 4.78 is 40.0. The molecular formula is C14H11F3. The quantitative estimate of drug-likeness (QED) is 0.689. The number of aryl methyl sites for hydroxylation is 2. The second-order valence-electron chi connectivity index (χ2n) is 4.02. The summed E-state index contributed by atoms with van der Waals surface area (Å²) in [5, 5.41) is 0. The predicted octanol–water partition coefficient (Wildman–Crippen LogP) is 4.39. The topological polar surface area (TPSA) is 0 Å². The molecule has 0 saturated heterocycles. The summed E-state index contributed by atoms with van der Waals surface area (Å²) in [4.78, 5) is 0. The molecule has 0 aliphatic rings. The highest BCUT2D eigenvalue weighted by atomic mass is 19.2. The van der Waals surface area contributed by atoms with Crippen LogP contribution in [0.15, 0.2) is 30.3 Å². The van der Waals surface area contributed by atoms with Crippen molar-refractivity contribution in [2.45, 2.75) is 13.8 Å². The molecule has 17 heavy (non-hydrogen) atoms. The van der Waals surface area contributed by atoms with Gasteiger partial charge in [0.1, 0.15) is 5.82 Å². The molecule has 3 heteroatoms. The van der Waals surface area contributed by atoms with E-state index in [1.54, 1.807) is 32.0 Å². The van der Waals surface area contributed by atoms with E-state index in [4.69, 9.17) is 0 Å². The van der Waals surface area contributed by atoms with Crippen molar-refractivity contribution in [2.75, 3.05) is 0 Å². The van der Waals surface area contributed by atoms with Gasteiger partial charge >= 0.3 is 0 Å². The second kappa shape index (κ2) is 4.24. The van der Waals surface area contributed by atoms with Crippen LogP contribution < -0.4 is 0 Å². The van der Waals surface area contributed by atoms with Crippen molar-refractivity contribution in [3.8, 4) is 11.1 Å². The second-order valence-corrected chi connectivity index (χ2v) is 4.02. The number of hydrogen-bond acceptors (Lipinski definition) is 0. The molecule has 0 bridgehead atoms. The van der Waals surface area contributed by atoms with E-state index in [1.807, 2.05) is 0 Å². The molecule has 0 fully saturated rings. The summed E-state index contributed by atoms with van der Waals surface area (Å²) in [7, 11) is 0. The first-order valence-electron chi connectivity index (χ1n) is 5.22. The van der Waals surface area contributed by atoms with Crippen molar-refractivity contribution in [3.05, 3.63) is 58.9 Å². The zero-order valence-corrected chi connectivity index (χ0v) is 9.52. The smallest absolute Gasteiger partial charge is 0.159 e. The zero-order chi connectivity index (χ0) is 12.6. The Hall–Kier alpha value is -1.77. The van der Waals surface area contributed by atoms with Gasteiger partial charge < -0.3 is 0 Å². The summed E-state index contributed by atoms with van der Waals surface area (Å²) in [6, 6.07) is 6.99. The van der Waals surface area contributed by atoms with Crippen LogP contribution in [0.2, 0.25) is 0 Å². The molecule has 2 rings (SSSR count). The summed E-state index contributed by atoms with van der Waals surface area (Å²) in [6.45, 7) is 3.26. The van der Waals surface area contributed by atoms with E-state index in [0.717, 1.165) is 12.1 Å². The average Bonchev–Trinajstić information content (AvgIpc) is 2.28. The molecule has 0 aromatic heterocycles. The number of benzene rings is 2. The highest BCUT2D eigenvalue weighted by molar-refractivity contribution is 5.68. The van der Waals surface area contributed by atoms with Crippen LogP contribution in [0.5, 0.6) is 0 Å². The molecule has 0 saturated carbocycles. The summed E-state index contributed by atoms with van der Waals surface area (Å²) in [6.07, 6.45) is 0. The van der Waals surface area contributed by atoms with E-state index >= 15 is 0 Å². The maximum atomic E-state index is 13.9. The monoisotopic (exact) mass is 236 g/mol. The maximum absolute atomic E-state index is 13.9. The third kappa shape index (κ3) is 2.05. The van der Waals surface area contributed by atoms with Crippen LogP contribution >= 0.6 is 0 Å². The Morgan fingerprint density at radius 3 is 2.12 bits per heavy atom. The minimum atomic E-state index is -0.966. The Kier molecular flexibility index (Phi) is 2.92. The first-order valence-corrected chi connectivity index (χ1v) is 5.22. The first-order chi connectivity index (χ1) is 8.00. The van der Waals surface area contributed by atoms with Gasteiger partial charge in [0, 0.05) is 5.56 Å². The summed E-state index contributed by atoms with van der Waals surface area (Å²) in [5.74, 6) is -2.28. The van der Waals surface area contributed by atoms with Gasteiger partial charge in [-0.2, -0.15) is 0 Å². The van der Waals surface area contributed by atoms with Crippen LogP contribution in [0.1, 0.15) is 11.1 Å². The van der Waals surface area contributed by atoms with E-state index in [9.17, 15) is 13.2 Å². The summed E-state index contributed by atoms with van der Waals surface area (Å²) in [5.41, 5.74) is 1.66. The highest BCUT2D eigenvalue weighted by Gasteiger charge is 2.13. The van der Waals surface area contributed by atoms with E-state index in [0.29, 0.717) is 22.3 Å². The van der Waals surface area contributed by atoms with Gasteiger partial charge in [0.15, 0.2) is 11.6 Å². The lowest BCUT2D eigenvalue weighted by Crippen LogP contribution is -1.94. The molecule has 0 amide bonds. The molecule has 0 N–H and O–H groups in total. The Morgan fingerprint density at radius 1 is 0.765 bits per heavy atom. The van der Waals surface area contributed by atoms with Crippen molar-refractivity contribution < 1.29 is 13.2 Å². The van der Waals surface area contributed by atoms with Gasteiger partial charge in [0.25, 0.3) is 0 Å². The zero-order valence-electron chi connectivity index (χ0n) is 9.52. The highest BCUT2D eigenvalue weighted by Crippen LogP contribution is 2.29.